The first-order chi connectivity index (χ1) is 15.1. The van der Waals surface area contributed by atoms with Gasteiger partial charge in [0.15, 0.2) is 0 Å². The van der Waals surface area contributed by atoms with E-state index in [2.05, 4.69) is 37.3 Å². The second kappa shape index (κ2) is 8.20. The molecule has 0 radical (unpaired) electrons. The molecule has 0 spiro atoms. The van der Waals surface area contributed by atoms with E-state index in [4.69, 9.17) is 16.3 Å². The van der Waals surface area contributed by atoms with Gasteiger partial charge >= 0.3 is 0 Å². The van der Waals surface area contributed by atoms with E-state index in [1.54, 1.807) is 17.3 Å². The van der Waals surface area contributed by atoms with E-state index in [0.29, 0.717) is 42.1 Å². The number of carbonyl (C=O) groups is 1. The minimum absolute atomic E-state index is 0.0610. The van der Waals surface area contributed by atoms with Gasteiger partial charge in [-0.25, -0.2) is 0 Å². The van der Waals surface area contributed by atoms with Crippen molar-refractivity contribution in [3.05, 3.63) is 36.3 Å². The zero-order chi connectivity index (χ0) is 21.4. The molecule has 5 heterocycles. The van der Waals surface area contributed by atoms with Crippen molar-refractivity contribution in [1.82, 2.24) is 29.6 Å². The predicted molar refractivity (Wildman–Crippen MR) is 118 cm³/mol. The molecule has 0 aliphatic carbocycles. The first kappa shape index (κ1) is 19.8. The van der Waals surface area contributed by atoms with Crippen LogP contribution in [0.5, 0.6) is 0 Å². The summed E-state index contributed by atoms with van der Waals surface area (Å²) >= 11 is 6.38. The van der Waals surface area contributed by atoms with E-state index in [0.717, 1.165) is 30.5 Å². The highest BCUT2D eigenvalue weighted by atomic mass is 35.5. The van der Waals surface area contributed by atoms with Gasteiger partial charge in [0.1, 0.15) is 11.5 Å². The molecule has 0 unspecified atom stereocenters. The molecule has 2 fully saturated rings. The fourth-order valence-electron chi connectivity index (χ4n) is 4.02. The number of likely N-dealkylation sites (tertiary alicyclic amines) is 1. The van der Waals surface area contributed by atoms with Crippen LogP contribution in [0.15, 0.2) is 31.2 Å². The molecule has 2 aliphatic heterocycles. The van der Waals surface area contributed by atoms with Crippen molar-refractivity contribution in [3.8, 4) is 0 Å². The highest BCUT2D eigenvalue weighted by Crippen LogP contribution is 2.31. The number of H-pyrrole nitrogens is 1. The number of anilines is 3. The lowest BCUT2D eigenvalue weighted by molar-refractivity contribution is -0.125. The number of fused-ring (bicyclic) bond motifs is 1. The Morgan fingerprint density at radius 2 is 2.29 bits per heavy atom. The van der Waals surface area contributed by atoms with Gasteiger partial charge in [-0.05, 0) is 18.9 Å². The number of carbonyl (C=O) groups excluding carboxylic acids is 1. The molecule has 1 amide bonds. The van der Waals surface area contributed by atoms with Gasteiger partial charge in [0.05, 0.1) is 34.9 Å². The maximum absolute atomic E-state index is 11.9. The average Bonchev–Trinajstić information content (AvgIpc) is 3.55. The van der Waals surface area contributed by atoms with Crippen molar-refractivity contribution < 1.29 is 9.53 Å². The van der Waals surface area contributed by atoms with Crippen molar-refractivity contribution in [1.29, 1.82) is 0 Å². The molecule has 3 aromatic rings. The quantitative estimate of drug-likeness (QED) is 0.503. The first-order valence-electron chi connectivity index (χ1n) is 10.2. The van der Waals surface area contributed by atoms with Crippen LogP contribution < -0.4 is 10.6 Å². The van der Waals surface area contributed by atoms with Crippen LogP contribution in [-0.4, -0.2) is 67.9 Å². The van der Waals surface area contributed by atoms with Crippen molar-refractivity contribution in [2.75, 3.05) is 36.9 Å². The number of ether oxygens (including phenoxy) is 1. The lowest BCUT2D eigenvalue weighted by Gasteiger charge is -2.17. The van der Waals surface area contributed by atoms with Crippen molar-refractivity contribution in [2.24, 2.45) is 0 Å². The van der Waals surface area contributed by atoms with E-state index in [1.165, 1.54) is 6.08 Å². The summed E-state index contributed by atoms with van der Waals surface area (Å²) in [5.74, 6) is 0.977. The Bertz CT molecular complexity index is 1120. The van der Waals surface area contributed by atoms with E-state index < -0.39 is 0 Å². The molecule has 11 heteroatoms. The summed E-state index contributed by atoms with van der Waals surface area (Å²) in [6.45, 7) is 6.25. The third-order valence-electron chi connectivity index (χ3n) is 5.64. The highest BCUT2D eigenvalue weighted by molar-refractivity contribution is 6.36. The number of nitrogens with zero attached hydrogens (tertiary/aromatic N) is 5. The molecule has 3 N–H and O–H groups in total. The Kier molecular flexibility index (Phi) is 5.24. The van der Waals surface area contributed by atoms with Crippen LogP contribution in [0.2, 0.25) is 5.02 Å². The predicted octanol–water partition coefficient (Wildman–Crippen LogP) is 2.71. The minimum atomic E-state index is -0.0659. The van der Waals surface area contributed by atoms with Crippen LogP contribution in [0.3, 0.4) is 0 Å². The molecule has 0 bridgehead atoms. The first-order valence-corrected chi connectivity index (χ1v) is 10.6. The van der Waals surface area contributed by atoms with E-state index >= 15 is 0 Å². The number of rotatable bonds is 6. The third kappa shape index (κ3) is 3.96. The lowest BCUT2D eigenvalue weighted by atomic mass is 10.2. The summed E-state index contributed by atoms with van der Waals surface area (Å²) in [6.07, 6.45) is 8.47. The molecule has 31 heavy (non-hydrogen) atoms. The van der Waals surface area contributed by atoms with Gasteiger partial charge in [-0.3, -0.25) is 9.48 Å². The summed E-state index contributed by atoms with van der Waals surface area (Å²) in [7, 11) is 0. The van der Waals surface area contributed by atoms with Crippen molar-refractivity contribution in [2.45, 2.75) is 24.9 Å². The second-order valence-electron chi connectivity index (χ2n) is 7.73. The molecule has 0 saturated carbocycles. The fourth-order valence-corrected chi connectivity index (χ4v) is 4.25. The smallest absolute Gasteiger partial charge is 0.246 e. The van der Waals surface area contributed by atoms with Crippen LogP contribution in [-0.2, 0) is 9.53 Å². The minimum Gasteiger partial charge on any atom is -0.379 e. The van der Waals surface area contributed by atoms with Crippen LogP contribution >= 0.6 is 11.6 Å². The van der Waals surface area contributed by atoms with Gasteiger partial charge in [-0.1, -0.05) is 18.2 Å². The second-order valence-corrected chi connectivity index (χ2v) is 8.13. The molecule has 162 valence electrons. The molecule has 3 aromatic heterocycles. The number of amides is 1. The topological polar surface area (TPSA) is 113 Å². The fraction of sp³-hybridized carbons (Fsp3) is 0.400. The van der Waals surface area contributed by atoms with Crippen LogP contribution in [0.25, 0.3) is 11.0 Å². The van der Waals surface area contributed by atoms with Gasteiger partial charge in [-0.2, -0.15) is 15.1 Å². The van der Waals surface area contributed by atoms with Crippen LogP contribution in [0.1, 0.15) is 18.9 Å². The average molecular weight is 443 g/mol. The van der Waals surface area contributed by atoms with Gasteiger partial charge in [-0.15, -0.1) is 0 Å². The van der Waals surface area contributed by atoms with Crippen molar-refractivity contribution in [3.63, 3.8) is 0 Å². The summed E-state index contributed by atoms with van der Waals surface area (Å²) in [5, 5.41) is 12.3. The third-order valence-corrected chi connectivity index (χ3v) is 5.93. The molecule has 2 atom stereocenters. The number of aromatic amines is 1. The van der Waals surface area contributed by atoms with E-state index in [1.807, 2.05) is 10.9 Å². The summed E-state index contributed by atoms with van der Waals surface area (Å²) < 4.78 is 7.34. The maximum Gasteiger partial charge on any atom is 0.246 e. The van der Waals surface area contributed by atoms with E-state index in [-0.39, 0.29) is 18.0 Å². The largest absolute Gasteiger partial charge is 0.379 e. The molecular weight excluding hydrogens is 420 g/mol. The number of hydrogen-bond acceptors (Lipinski definition) is 7. The Balaban J connectivity index is 1.38. The Morgan fingerprint density at radius 3 is 3.10 bits per heavy atom. The highest BCUT2D eigenvalue weighted by Gasteiger charge is 2.26. The molecule has 5 rings (SSSR count). The molecular formula is C20H23ClN8O2. The Morgan fingerprint density at radius 1 is 1.39 bits per heavy atom. The Labute approximate surface area is 183 Å². The lowest BCUT2D eigenvalue weighted by Crippen LogP contribution is -2.30. The summed E-state index contributed by atoms with van der Waals surface area (Å²) in [4.78, 5) is 26.0. The number of aromatic nitrogens is 5. The standard InChI is InChI=1S/C20H23ClN8O2/c1-2-16(30)28-5-3-12(9-28)24-19-17-15(21)8-22-18(17)26-20(27-19)25-13-7-23-29(10-13)14-4-6-31-11-14/h2,7-8,10,12,14H,1,3-6,9,11H2,(H3,22,24,25,26,27)/t12-,14+/m1/s1. The van der Waals surface area contributed by atoms with Crippen molar-refractivity contribution >= 4 is 46.0 Å². The summed E-state index contributed by atoms with van der Waals surface area (Å²) in [6, 6.07) is 0.313. The van der Waals surface area contributed by atoms with Gasteiger partial charge < -0.3 is 25.3 Å². The zero-order valence-electron chi connectivity index (χ0n) is 16.8. The SMILES string of the molecule is C=CC(=O)N1CC[C@@H](Nc2nc(Nc3cnn([C@H]4CCOC4)c3)nc3[nH]cc(Cl)c23)C1. The molecule has 10 nitrogen and oxygen atoms in total. The van der Waals surface area contributed by atoms with E-state index in [9.17, 15) is 4.79 Å². The van der Waals surface area contributed by atoms with Crippen LogP contribution in [0.4, 0.5) is 17.5 Å². The number of halogens is 1. The van der Waals surface area contributed by atoms with Gasteiger partial charge in [0, 0.05) is 38.1 Å². The van der Waals surface area contributed by atoms with Crippen LogP contribution in [0, 0.1) is 0 Å². The monoisotopic (exact) mass is 442 g/mol. The molecule has 2 saturated heterocycles. The molecule has 2 aliphatic rings. The number of hydrogen-bond donors (Lipinski definition) is 3. The summed E-state index contributed by atoms with van der Waals surface area (Å²) in [5.41, 5.74) is 1.41. The van der Waals surface area contributed by atoms with Gasteiger partial charge in [0.2, 0.25) is 11.9 Å². The van der Waals surface area contributed by atoms with Gasteiger partial charge in [0.25, 0.3) is 0 Å². The number of nitrogens with one attached hydrogen (secondary N) is 3. The maximum atomic E-state index is 11.9. The zero-order valence-corrected chi connectivity index (χ0v) is 17.6. The normalized spacial score (nSPS) is 21.0. The molecule has 0 aromatic carbocycles. The Hall–Kier alpha value is -3.11.